The van der Waals surface area contributed by atoms with Gasteiger partial charge in [-0.25, -0.2) is 0 Å². The number of carbonyl (C=O) groups excluding carboxylic acids is 1. The molecule has 0 radical (unpaired) electrons. The fourth-order valence-electron chi connectivity index (χ4n) is 11.1. The Morgan fingerprint density at radius 2 is 1.55 bits per heavy atom. The van der Waals surface area contributed by atoms with Crippen LogP contribution in [0.1, 0.15) is 189 Å². The molecule has 0 N–H and O–H groups in total. The second-order valence-electron chi connectivity index (χ2n) is 17.6. The fraction of sp³-hybridized carbons (Fsp3) is 0.844. The van der Waals surface area contributed by atoms with Crippen LogP contribution in [0.3, 0.4) is 0 Å². The lowest BCUT2D eigenvalue weighted by Crippen LogP contribution is -2.51. The first-order valence-corrected chi connectivity index (χ1v) is 20.9. The molecule has 4 aliphatic rings. The van der Waals surface area contributed by atoms with Gasteiger partial charge in [0.05, 0.1) is 0 Å². The van der Waals surface area contributed by atoms with E-state index in [1.807, 2.05) is 0 Å². The average Bonchev–Trinajstić information content (AvgIpc) is 3.40. The van der Waals surface area contributed by atoms with Crippen molar-refractivity contribution in [1.82, 2.24) is 0 Å². The number of hydrogen-bond donors (Lipinski definition) is 0. The summed E-state index contributed by atoms with van der Waals surface area (Å²) in [5, 5.41) is 0. The number of unbranched alkanes of at least 4 members (excludes halogenated alkanes) is 8. The smallest absolute Gasteiger partial charge is 0.306 e. The van der Waals surface area contributed by atoms with Crippen molar-refractivity contribution in [3.05, 3.63) is 36.0 Å². The van der Waals surface area contributed by atoms with E-state index in [4.69, 9.17) is 4.74 Å². The Morgan fingerprint density at radius 3 is 2.30 bits per heavy atom. The summed E-state index contributed by atoms with van der Waals surface area (Å²) in [6, 6.07) is 0. The molecule has 8 atom stereocenters. The second-order valence-corrected chi connectivity index (χ2v) is 17.6. The highest BCUT2D eigenvalue weighted by Crippen LogP contribution is 2.67. The molecule has 2 heteroatoms. The summed E-state index contributed by atoms with van der Waals surface area (Å²) in [6.07, 6.45) is 40.5. The lowest BCUT2D eigenvalue weighted by molar-refractivity contribution is -0.151. The molecule has 0 aromatic carbocycles. The van der Waals surface area contributed by atoms with Crippen LogP contribution in [0.2, 0.25) is 0 Å². The predicted molar refractivity (Wildman–Crippen MR) is 202 cm³/mol. The van der Waals surface area contributed by atoms with E-state index in [0.29, 0.717) is 17.3 Å². The van der Waals surface area contributed by atoms with Crippen molar-refractivity contribution < 1.29 is 9.53 Å². The van der Waals surface area contributed by atoms with E-state index < -0.39 is 0 Å². The first kappa shape index (κ1) is 38.5. The third-order valence-corrected chi connectivity index (χ3v) is 13.9. The topological polar surface area (TPSA) is 26.3 Å². The van der Waals surface area contributed by atoms with Crippen LogP contribution < -0.4 is 0 Å². The van der Waals surface area contributed by atoms with Crippen molar-refractivity contribution in [2.75, 3.05) is 0 Å². The lowest BCUT2D eigenvalue weighted by atomic mass is 9.47. The van der Waals surface area contributed by atoms with Crippen molar-refractivity contribution in [2.45, 2.75) is 195 Å². The highest BCUT2D eigenvalue weighted by molar-refractivity contribution is 5.69. The molecule has 2 nitrogen and oxygen atoms in total. The third-order valence-electron chi connectivity index (χ3n) is 13.9. The first-order chi connectivity index (χ1) is 22.7. The monoisotopic (exact) mass is 649 g/mol. The summed E-state index contributed by atoms with van der Waals surface area (Å²) >= 11 is 0. The van der Waals surface area contributed by atoms with Crippen molar-refractivity contribution in [3.8, 4) is 0 Å². The molecule has 0 spiro atoms. The van der Waals surface area contributed by atoms with Gasteiger partial charge in [0.1, 0.15) is 6.10 Å². The Labute approximate surface area is 292 Å². The molecule has 0 aliphatic heterocycles. The maximum Gasteiger partial charge on any atom is 0.306 e. The van der Waals surface area contributed by atoms with Gasteiger partial charge < -0.3 is 4.74 Å². The van der Waals surface area contributed by atoms with Crippen LogP contribution >= 0.6 is 0 Å². The molecule has 3 fully saturated rings. The predicted octanol–water partition coefficient (Wildman–Crippen LogP) is 13.8. The molecular weight excluding hydrogens is 572 g/mol. The largest absolute Gasteiger partial charge is 0.462 e. The van der Waals surface area contributed by atoms with Crippen molar-refractivity contribution in [2.24, 2.45) is 46.3 Å². The van der Waals surface area contributed by atoms with Gasteiger partial charge in [0.2, 0.25) is 0 Å². The number of ether oxygens (including phenoxy) is 1. The Kier molecular flexibility index (Phi) is 15.7. The van der Waals surface area contributed by atoms with Crippen LogP contribution in [0.5, 0.6) is 0 Å². The van der Waals surface area contributed by atoms with E-state index in [1.54, 1.807) is 5.57 Å². The summed E-state index contributed by atoms with van der Waals surface area (Å²) in [6.45, 7) is 14.9. The minimum atomic E-state index is 0.0477. The third kappa shape index (κ3) is 10.6. The molecule has 0 aromatic heterocycles. The van der Waals surface area contributed by atoms with Crippen molar-refractivity contribution in [3.63, 3.8) is 0 Å². The van der Waals surface area contributed by atoms with Gasteiger partial charge in [-0.1, -0.05) is 129 Å². The number of rotatable bonds is 20. The van der Waals surface area contributed by atoms with Crippen LogP contribution in [0.4, 0.5) is 0 Å². The Balaban J connectivity index is 1.13. The van der Waals surface area contributed by atoms with E-state index in [0.717, 1.165) is 67.6 Å². The zero-order valence-corrected chi connectivity index (χ0v) is 32.0. The number of carbonyl (C=O) groups is 1. The maximum atomic E-state index is 12.8. The Hall–Kier alpha value is -1.31. The van der Waals surface area contributed by atoms with Crippen molar-refractivity contribution >= 4 is 5.97 Å². The molecule has 0 heterocycles. The van der Waals surface area contributed by atoms with Gasteiger partial charge in [0.25, 0.3) is 0 Å². The summed E-state index contributed by atoms with van der Waals surface area (Å²) in [4.78, 5) is 12.8. The van der Waals surface area contributed by atoms with E-state index in [1.165, 1.54) is 109 Å². The van der Waals surface area contributed by atoms with E-state index in [-0.39, 0.29) is 12.1 Å². The molecule has 4 aliphatic carbocycles. The molecule has 47 heavy (non-hydrogen) atoms. The van der Waals surface area contributed by atoms with E-state index >= 15 is 0 Å². The number of esters is 1. The summed E-state index contributed by atoms with van der Waals surface area (Å²) < 4.78 is 6.12. The summed E-state index contributed by atoms with van der Waals surface area (Å²) in [7, 11) is 0. The molecule has 268 valence electrons. The maximum absolute atomic E-state index is 12.8. The zero-order chi connectivity index (χ0) is 33.7. The van der Waals surface area contributed by atoms with Gasteiger partial charge in [-0.15, -0.1) is 0 Å². The normalized spacial score (nSPS) is 32.7. The van der Waals surface area contributed by atoms with Crippen LogP contribution in [-0.4, -0.2) is 12.1 Å². The summed E-state index contributed by atoms with van der Waals surface area (Å²) in [5.41, 5.74) is 2.52. The fourth-order valence-corrected chi connectivity index (χ4v) is 11.1. The van der Waals surface area contributed by atoms with Gasteiger partial charge in [-0.05, 0) is 130 Å². The van der Waals surface area contributed by atoms with Gasteiger partial charge in [-0.2, -0.15) is 0 Å². The van der Waals surface area contributed by atoms with E-state index in [2.05, 4.69) is 71.9 Å². The van der Waals surface area contributed by atoms with Gasteiger partial charge >= 0.3 is 5.97 Å². The molecule has 3 saturated carbocycles. The minimum absolute atomic E-state index is 0.0477. The first-order valence-electron chi connectivity index (χ1n) is 20.9. The molecule has 0 bridgehead atoms. The highest BCUT2D eigenvalue weighted by atomic mass is 16.5. The van der Waals surface area contributed by atoms with Crippen LogP contribution in [-0.2, 0) is 9.53 Å². The minimum Gasteiger partial charge on any atom is -0.462 e. The number of hydrogen-bond acceptors (Lipinski definition) is 2. The molecule has 0 saturated heterocycles. The number of allylic oxidation sites excluding steroid dienone is 5. The van der Waals surface area contributed by atoms with Crippen LogP contribution in [0.25, 0.3) is 0 Å². The number of fused-ring (bicyclic) bond motifs is 5. The molecule has 0 amide bonds. The van der Waals surface area contributed by atoms with Gasteiger partial charge in [0.15, 0.2) is 0 Å². The lowest BCUT2D eigenvalue weighted by Gasteiger charge is -2.58. The van der Waals surface area contributed by atoms with E-state index in [9.17, 15) is 4.79 Å². The highest BCUT2D eigenvalue weighted by Gasteiger charge is 2.59. The zero-order valence-electron chi connectivity index (χ0n) is 32.0. The van der Waals surface area contributed by atoms with Gasteiger partial charge in [-0.3, -0.25) is 4.79 Å². The molecule has 4 rings (SSSR count). The van der Waals surface area contributed by atoms with Gasteiger partial charge in [0, 0.05) is 12.8 Å². The average molecular weight is 649 g/mol. The van der Waals surface area contributed by atoms with Crippen LogP contribution in [0.15, 0.2) is 36.0 Å². The SMILES string of the molecule is CCCCC/C=C\C/C=C\CCCCCCCC(=O)O[C@@H]1CC[C@@]2(C)C(=CC[C@H]3[C@H]4CC[C@H]([C@H](C)CCCC(C)C)[C@@]4(C)CC[C@H]32)C1. The van der Waals surface area contributed by atoms with Crippen LogP contribution in [0, 0.1) is 46.3 Å². The molecular formula is C45H76O2. The summed E-state index contributed by atoms with van der Waals surface area (Å²) in [5.74, 6) is 5.30. The molecule has 0 unspecified atom stereocenters. The van der Waals surface area contributed by atoms with Crippen molar-refractivity contribution in [1.29, 1.82) is 0 Å². The second kappa shape index (κ2) is 19.2. The quantitative estimate of drug-likeness (QED) is 0.0746. The Morgan fingerprint density at radius 1 is 0.830 bits per heavy atom. The standard InChI is InChI=1S/C45H76O2/c1-7-8-9-10-11-12-13-14-15-16-17-18-19-20-21-25-43(46)47-38-30-32-44(5)37(34-38)26-27-39-41-29-28-40(36(4)24-22-23-35(2)3)45(41,6)33-31-42(39)44/h11-12,14-15,26,35-36,38-42H,7-10,13,16-25,27-34H2,1-6H3/b12-11-,15-14-/t36-,38-,39+,40-,41-,42-,44+,45-/m1/s1. The molecule has 0 aromatic rings. The Bertz CT molecular complexity index is 1020.